The van der Waals surface area contributed by atoms with Crippen LogP contribution in [0, 0.1) is 0 Å². The van der Waals surface area contributed by atoms with Gasteiger partial charge < -0.3 is 16.6 Å². The Hall–Kier alpha value is -1.80. The van der Waals surface area contributed by atoms with E-state index in [1.165, 1.54) is 12.1 Å². The molecule has 0 fully saturated rings. The van der Waals surface area contributed by atoms with Crippen LogP contribution in [0.25, 0.3) is 0 Å². The second-order valence-electron chi connectivity index (χ2n) is 4.85. The molecule has 1 amide bonds. The number of amides is 1. The van der Waals surface area contributed by atoms with Crippen LogP contribution in [0.5, 0.6) is 5.75 Å². The number of phenols is 1. The highest BCUT2D eigenvalue weighted by atomic mass is 32.2. The zero-order valence-corrected chi connectivity index (χ0v) is 11.5. The smallest absolute Gasteiger partial charge is 0.241 e. The SMILES string of the molecule is CC(C)(CC(N)=O)NS(=O)(=O)c1ccc(O)c(N)c1. The van der Waals surface area contributed by atoms with Gasteiger partial charge in [-0.05, 0) is 32.0 Å². The van der Waals surface area contributed by atoms with Crippen molar-refractivity contribution in [2.24, 2.45) is 5.73 Å². The molecule has 0 aliphatic carbocycles. The van der Waals surface area contributed by atoms with E-state index in [0.29, 0.717) is 0 Å². The maximum atomic E-state index is 12.1. The molecule has 1 aromatic carbocycles. The fourth-order valence-electron chi connectivity index (χ4n) is 1.59. The molecule has 1 rings (SSSR count). The number of nitrogen functional groups attached to an aromatic ring is 1. The van der Waals surface area contributed by atoms with E-state index in [1.54, 1.807) is 13.8 Å². The van der Waals surface area contributed by atoms with E-state index in [1.807, 2.05) is 0 Å². The van der Waals surface area contributed by atoms with Crippen LogP contribution >= 0.6 is 0 Å². The van der Waals surface area contributed by atoms with Gasteiger partial charge in [-0.2, -0.15) is 0 Å². The zero-order valence-electron chi connectivity index (χ0n) is 10.7. The lowest BCUT2D eigenvalue weighted by Gasteiger charge is -2.24. The number of aromatic hydroxyl groups is 1. The fraction of sp³-hybridized carbons (Fsp3) is 0.364. The van der Waals surface area contributed by atoms with Gasteiger partial charge in [-0.3, -0.25) is 4.79 Å². The molecule has 0 saturated heterocycles. The average molecular weight is 287 g/mol. The number of rotatable bonds is 5. The molecule has 0 aromatic heterocycles. The first-order valence-electron chi connectivity index (χ1n) is 5.44. The summed E-state index contributed by atoms with van der Waals surface area (Å²) in [5.41, 5.74) is 9.44. The van der Waals surface area contributed by atoms with Crippen molar-refractivity contribution in [2.75, 3.05) is 5.73 Å². The third-order valence-corrected chi connectivity index (χ3v) is 4.03. The molecule has 0 aliphatic rings. The van der Waals surface area contributed by atoms with Crippen molar-refractivity contribution >= 4 is 21.6 Å². The quantitative estimate of drug-likeness (QED) is 0.443. The highest BCUT2D eigenvalue weighted by Gasteiger charge is 2.28. The van der Waals surface area contributed by atoms with Crippen molar-refractivity contribution < 1.29 is 18.3 Å². The minimum atomic E-state index is -3.85. The minimum Gasteiger partial charge on any atom is -0.506 e. The Morgan fingerprint density at radius 1 is 1.42 bits per heavy atom. The Labute approximate surface area is 111 Å². The molecule has 0 aliphatic heterocycles. The number of carbonyl (C=O) groups excluding carboxylic acids is 1. The predicted molar refractivity (Wildman–Crippen MR) is 70.7 cm³/mol. The summed E-state index contributed by atoms with van der Waals surface area (Å²) in [6.07, 6.45) is -0.139. The molecule has 6 N–H and O–H groups in total. The molecule has 19 heavy (non-hydrogen) atoms. The fourth-order valence-corrected chi connectivity index (χ4v) is 3.04. The Morgan fingerprint density at radius 2 is 2.00 bits per heavy atom. The van der Waals surface area contributed by atoms with Crippen molar-refractivity contribution in [2.45, 2.75) is 30.7 Å². The Kier molecular flexibility index (Phi) is 4.06. The van der Waals surface area contributed by atoms with Crippen LogP contribution in [-0.4, -0.2) is 25.0 Å². The van der Waals surface area contributed by atoms with Gasteiger partial charge in [0.1, 0.15) is 5.75 Å². The number of anilines is 1. The van der Waals surface area contributed by atoms with E-state index in [0.717, 1.165) is 6.07 Å². The molecule has 7 nitrogen and oxygen atoms in total. The maximum absolute atomic E-state index is 12.1. The van der Waals surface area contributed by atoms with Crippen LogP contribution in [0.1, 0.15) is 20.3 Å². The number of carbonyl (C=O) groups is 1. The molecule has 0 unspecified atom stereocenters. The second-order valence-corrected chi connectivity index (χ2v) is 6.54. The Bertz CT molecular complexity index is 596. The molecule has 0 radical (unpaired) electrons. The first kappa shape index (κ1) is 15.3. The molecule has 0 saturated carbocycles. The van der Waals surface area contributed by atoms with Gasteiger partial charge >= 0.3 is 0 Å². The third-order valence-electron chi connectivity index (χ3n) is 2.34. The Balaban J connectivity index is 3.04. The molecule has 0 heterocycles. The van der Waals surface area contributed by atoms with E-state index in [-0.39, 0.29) is 22.8 Å². The maximum Gasteiger partial charge on any atom is 0.241 e. The van der Waals surface area contributed by atoms with Gasteiger partial charge in [0.05, 0.1) is 10.6 Å². The van der Waals surface area contributed by atoms with Gasteiger partial charge in [-0.25, -0.2) is 13.1 Å². The molecule has 1 aromatic rings. The Morgan fingerprint density at radius 3 is 2.47 bits per heavy atom. The van der Waals surface area contributed by atoms with Gasteiger partial charge in [-0.15, -0.1) is 0 Å². The molecular formula is C11H17N3O4S. The third kappa shape index (κ3) is 4.11. The number of primary amides is 1. The van der Waals surface area contributed by atoms with Crippen LogP contribution in [0.15, 0.2) is 23.1 Å². The van der Waals surface area contributed by atoms with Crippen LogP contribution in [-0.2, 0) is 14.8 Å². The summed E-state index contributed by atoms with van der Waals surface area (Å²) in [6, 6.07) is 3.54. The monoisotopic (exact) mass is 287 g/mol. The summed E-state index contributed by atoms with van der Waals surface area (Å²) >= 11 is 0. The van der Waals surface area contributed by atoms with Crippen molar-refractivity contribution in [3.05, 3.63) is 18.2 Å². The average Bonchev–Trinajstić information content (AvgIpc) is 2.17. The lowest BCUT2D eigenvalue weighted by molar-refractivity contribution is -0.119. The number of nitrogens with two attached hydrogens (primary N) is 2. The lowest BCUT2D eigenvalue weighted by atomic mass is 10.0. The summed E-state index contributed by atoms with van der Waals surface area (Å²) in [7, 11) is -3.85. The summed E-state index contributed by atoms with van der Waals surface area (Å²) in [5, 5.41) is 9.26. The summed E-state index contributed by atoms with van der Waals surface area (Å²) in [5.74, 6) is -0.812. The van der Waals surface area contributed by atoms with Crippen molar-refractivity contribution in [1.82, 2.24) is 4.72 Å². The summed E-state index contributed by atoms with van der Waals surface area (Å²) in [6.45, 7) is 3.08. The summed E-state index contributed by atoms with van der Waals surface area (Å²) < 4.78 is 26.5. The first-order chi connectivity index (χ1) is 8.53. The molecule has 8 heteroatoms. The number of hydrogen-bond acceptors (Lipinski definition) is 5. The van der Waals surface area contributed by atoms with E-state index in [9.17, 15) is 18.3 Å². The number of sulfonamides is 1. The van der Waals surface area contributed by atoms with Crippen LogP contribution in [0.3, 0.4) is 0 Å². The second kappa shape index (κ2) is 5.06. The normalized spacial score (nSPS) is 12.3. The minimum absolute atomic E-state index is 0.0458. The highest BCUT2D eigenvalue weighted by molar-refractivity contribution is 7.89. The number of phenolic OH excluding ortho intramolecular Hbond substituents is 1. The molecule has 0 spiro atoms. The van der Waals surface area contributed by atoms with E-state index in [2.05, 4.69) is 4.72 Å². The zero-order chi connectivity index (χ0) is 14.8. The van der Waals surface area contributed by atoms with Crippen molar-refractivity contribution in [3.63, 3.8) is 0 Å². The predicted octanol–water partition coefficient (Wildman–Crippen LogP) is -0.0933. The van der Waals surface area contributed by atoms with Crippen LogP contribution in [0.4, 0.5) is 5.69 Å². The molecular weight excluding hydrogens is 270 g/mol. The molecule has 106 valence electrons. The van der Waals surface area contributed by atoms with Gasteiger partial charge in [0, 0.05) is 12.0 Å². The number of nitrogens with one attached hydrogen (secondary N) is 1. The molecule has 0 bridgehead atoms. The largest absolute Gasteiger partial charge is 0.506 e. The molecule has 0 atom stereocenters. The topological polar surface area (TPSA) is 136 Å². The van der Waals surface area contributed by atoms with Gasteiger partial charge in [0.25, 0.3) is 0 Å². The van der Waals surface area contributed by atoms with E-state index >= 15 is 0 Å². The van der Waals surface area contributed by atoms with Gasteiger partial charge in [0.2, 0.25) is 15.9 Å². The van der Waals surface area contributed by atoms with Crippen LogP contribution < -0.4 is 16.2 Å². The van der Waals surface area contributed by atoms with E-state index < -0.39 is 21.5 Å². The van der Waals surface area contributed by atoms with Crippen molar-refractivity contribution in [1.29, 1.82) is 0 Å². The van der Waals surface area contributed by atoms with Crippen LogP contribution in [0.2, 0.25) is 0 Å². The van der Waals surface area contributed by atoms with Gasteiger partial charge in [0.15, 0.2) is 0 Å². The lowest BCUT2D eigenvalue weighted by Crippen LogP contribution is -2.45. The van der Waals surface area contributed by atoms with E-state index in [4.69, 9.17) is 11.5 Å². The number of hydrogen-bond donors (Lipinski definition) is 4. The standard InChI is InChI=1S/C11H17N3O4S/c1-11(2,6-10(13)16)14-19(17,18)7-3-4-9(15)8(12)5-7/h3-5,14-15H,6,12H2,1-2H3,(H2,13,16). The summed E-state index contributed by atoms with van der Waals surface area (Å²) in [4.78, 5) is 10.8. The first-order valence-corrected chi connectivity index (χ1v) is 6.92. The number of benzene rings is 1. The van der Waals surface area contributed by atoms with Gasteiger partial charge in [-0.1, -0.05) is 0 Å². The highest BCUT2D eigenvalue weighted by Crippen LogP contribution is 2.24. The van der Waals surface area contributed by atoms with Crippen molar-refractivity contribution in [3.8, 4) is 5.75 Å².